The van der Waals surface area contributed by atoms with E-state index in [4.69, 9.17) is 5.11 Å². The van der Waals surface area contributed by atoms with Crippen LogP contribution in [0.15, 0.2) is 85.1 Å². The summed E-state index contributed by atoms with van der Waals surface area (Å²) < 4.78 is 0. The number of carbonyl (C=O) groups excluding carboxylic acids is 1. The molecule has 5 aromatic rings. The smallest absolute Gasteiger partial charge is 0.328 e. The van der Waals surface area contributed by atoms with Crippen LogP contribution in [0.1, 0.15) is 0 Å². The number of aromatic nitrogens is 1. The third kappa shape index (κ3) is 3.02. The second kappa shape index (κ2) is 6.97. The number of hydrogen-bond acceptors (Lipinski definition) is 3. The molecule has 0 saturated carbocycles. The van der Waals surface area contributed by atoms with E-state index in [0.29, 0.717) is 5.69 Å². The molecule has 144 valence electrons. The van der Waals surface area contributed by atoms with Crippen molar-refractivity contribution in [2.75, 3.05) is 5.32 Å². The molecule has 2 N–H and O–H groups in total. The average Bonchev–Trinajstić information content (AvgIpc) is 2.76. The Labute approximate surface area is 171 Å². The Morgan fingerprint density at radius 3 is 2.30 bits per heavy atom. The van der Waals surface area contributed by atoms with E-state index >= 15 is 0 Å². The molecule has 1 heterocycles. The number of rotatable bonds is 3. The van der Waals surface area contributed by atoms with Gasteiger partial charge in [-0.2, -0.15) is 0 Å². The van der Waals surface area contributed by atoms with Crippen LogP contribution in [0, 0.1) is 0 Å². The third-order valence-electron chi connectivity index (χ3n) is 5.22. The van der Waals surface area contributed by atoms with Crippen LogP contribution in [-0.4, -0.2) is 22.0 Å². The summed E-state index contributed by atoms with van der Waals surface area (Å²) in [6.07, 6.45) is 3.45. The first-order chi connectivity index (χ1) is 14.6. The quantitative estimate of drug-likeness (QED) is 0.249. The Morgan fingerprint density at radius 2 is 1.50 bits per heavy atom. The van der Waals surface area contributed by atoms with Gasteiger partial charge in [-0.25, -0.2) is 4.79 Å². The Bertz CT molecular complexity index is 1520. The summed E-state index contributed by atoms with van der Waals surface area (Å²) in [5.74, 6) is -1.68. The first-order valence-electron chi connectivity index (χ1n) is 9.45. The van der Waals surface area contributed by atoms with E-state index in [1.807, 2.05) is 24.3 Å². The van der Waals surface area contributed by atoms with Gasteiger partial charge in [-0.1, -0.05) is 48.5 Å². The van der Waals surface area contributed by atoms with Gasteiger partial charge in [0.25, 0.3) is 0 Å². The first-order valence-corrected chi connectivity index (χ1v) is 9.45. The highest BCUT2D eigenvalue weighted by atomic mass is 16.4. The van der Waals surface area contributed by atoms with Crippen molar-refractivity contribution in [2.24, 2.45) is 0 Å². The molecule has 4 aromatic carbocycles. The molecule has 0 bridgehead atoms. The number of carbonyl (C=O) groups is 2. The van der Waals surface area contributed by atoms with Crippen LogP contribution >= 0.6 is 0 Å². The number of pyridine rings is 1. The van der Waals surface area contributed by atoms with Crippen molar-refractivity contribution in [3.05, 3.63) is 85.1 Å². The topological polar surface area (TPSA) is 79.3 Å². The fourth-order valence-corrected chi connectivity index (χ4v) is 3.88. The molecule has 0 radical (unpaired) electrons. The Balaban J connectivity index is 1.69. The molecule has 0 spiro atoms. The van der Waals surface area contributed by atoms with Gasteiger partial charge < -0.3 is 10.4 Å². The number of nitrogens with one attached hydrogen (secondary N) is 1. The molecule has 5 heteroatoms. The zero-order valence-corrected chi connectivity index (χ0v) is 15.8. The molecule has 0 saturated heterocycles. The molecule has 0 atom stereocenters. The van der Waals surface area contributed by atoms with Gasteiger partial charge in [0, 0.05) is 29.1 Å². The normalized spacial score (nSPS) is 11.6. The van der Waals surface area contributed by atoms with Crippen molar-refractivity contribution in [1.82, 2.24) is 4.98 Å². The maximum atomic E-state index is 12.0. The molecule has 5 rings (SSSR count). The molecule has 0 fully saturated rings. The van der Waals surface area contributed by atoms with Gasteiger partial charge in [0.05, 0.1) is 11.2 Å². The van der Waals surface area contributed by atoms with Gasteiger partial charge in [0.1, 0.15) is 0 Å². The van der Waals surface area contributed by atoms with E-state index in [0.717, 1.165) is 44.6 Å². The highest BCUT2D eigenvalue weighted by Crippen LogP contribution is 2.34. The highest BCUT2D eigenvalue weighted by molar-refractivity contribution is 6.20. The lowest BCUT2D eigenvalue weighted by molar-refractivity contribution is -0.131. The van der Waals surface area contributed by atoms with E-state index < -0.39 is 11.9 Å². The Kier molecular flexibility index (Phi) is 4.14. The maximum absolute atomic E-state index is 12.0. The number of carboxylic acid groups (broad SMARTS) is 1. The number of hydrogen-bond donors (Lipinski definition) is 2. The molecule has 30 heavy (non-hydrogen) atoms. The number of aliphatic carboxylic acids is 1. The van der Waals surface area contributed by atoms with Crippen LogP contribution in [0.25, 0.3) is 43.2 Å². The molecule has 0 unspecified atom stereocenters. The fraction of sp³-hybridized carbons (Fsp3) is 0. The van der Waals surface area contributed by atoms with Crippen LogP contribution in [0.5, 0.6) is 0 Å². The van der Waals surface area contributed by atoms with Crippen LogP contribution in [-0.2, 0) is 9.59 Å². The molecule has 1 aromatic heterocycles. The molecule has 0 aliphatic rings. The minimum Gasteiger partial charge on any atom is -0.478 e. The lowest BCUT2D eigenvalue weighted by atomic mass is 9.96. The van der Waals surface area contributed by atoms with Crippen molar-refractivity contribution in [2.45, 2.75) is 0 Å². The number of nitrogens with zero attached hydrogens (tertiary/aromatic N) is 1. The van der Waals surface area contributed by atoms with Crippen molar-refractivity contribution in [3.63, 3.8) is 0 Å². The molecular weight excluding hydrogens is 376 g/mol. The predicted octanol–water partition coefficient (Wildman–Crippen LogP) is 5.27. The van der Waals surface area contributed by atoms with Gasteiger partial charge in [-0.15, -0.1) is 0 Å². The van der Waals surface area contributed by atoms with Crippen molar-refractivity contribution >= 4 is 60.8 Å². The largest absolute Gasteiger partial charge is 0.478 e. The first kappa shape index (κ1) is 17.8. The van der Waals surface area contributed by atoms with E-state index in [9.17, 15) is 9.59 Å². The number of amides is 1. The van der Waals surface area contributed by atoms with E-state index in [-0.39, 0.29) is 0 Å². The minimum absolute atomic E-state index is 0.505. The summed E-state index contributed by atoms with van der Waals surface area (Å²) in [6, 6.07) is 22.5. The van der Waals surface area contributed by atoms with E-state index in [2.05, 4.69) is 46.7 Å². The second-order valence-electron chi connectivity index (χ2n) is 7.06. The van der Waals surface area contributed by atoms with Crippen LogP contribution in [0.4, 0.5) is 5.69 Å². The number of fused-ring (bicyclic) bond motifs is 6. The van der Waals surface area contributed by atoms with Crippen LogP contribution in [0.3, 0.4) is 0 Å². The predicted molar refractivity (Wildman–Crippen MR) is 120 cm³/mol. The Hall–Kier alpha value is -4.25. The van der Waals surface area contributed by atoms with Crippen molar-refractivity contribution in [1.29, 1.82) is 0 Å². The molecule has 0 aliphatic heterocycles. The standard InChI is InChI=1S/C25H16N2O3/c28-23(9-10-24(29)30)27-22-11-12-26-25-19-6-5-17-13-15-3-1-2-4-16(15)14-21(17)18(19)7-8-20(22)25/h1-14H,(H,29,30)(H,26,27,28)/b10-9-. The molecule has 5 nitrogen and oxygen atoms in total. The number of benzene rings is 4. The van der Waals surface area contributed by atoms with Gasteiger partial charge >= 0.3 is 5.97 Å². The zero-order chi connectivity index (χ0) is 20.7. The lowest BCUT2D eigenvalue weighted by Crippen LogP contribution is -2.09. The summed E-state index contributed by atoms with van der Waals surface area (Å²) in [7, 11) is 0. The summed E-state index contributed by atoms with van der Waals surface area (Å²) in [4.78, 5) is 27.2. The molecular formula is C25H16N2O3. The van der Waals surface area contributed by atoms with E-state index in [1.165, 1.54) is 10.8 Å². The average molecular weight is 392 g/mol. The Morgan fingerprint density at radius 1 is 0.767 bits per heavy atom. The van der Waals surface area contributed by atoms with Gasteiger partial charge in [-0.3, -0.25) is 9.78 Å². The van der Waals surface area contributed by atoms with Crippen LogP contribution in [0.2, 0.25) is 0 Å². The summed E-state index contributed by atoms with van der Waals surface area (Å²) in [5, 5.41) is 19.0. The lowest BCUT2D eigenvalue weighted by Gasteiger charge is -2.11. The van der Waals surface area contributed by atoms with Gasteiger partial charge in [-0.05, 0) is 45.1 Å². The number of carboxylic acids is 1. The van der Waals surface area contributed by atoms with Crippen LogP contribution < -0.4 is 5.32 Å². The van der Waals surface area contributed by atoms with Crippen molar-refractivity contribution < 1.29 is 14.7 Å². The van der Waals surface area contributed by atoms with Crippen molar-refractivity contribution in [3.8, 4) is 0 Å². The highest BCUT2D eigenvalue weighted by Gasteiger charge is 2.10. The number of anilines is 1. The van der Waals surface area contributed by atoms with Gasteiger partial charge in [0.15, 0.2) is 0 Å². The SMILES string of the molecule is O=C(O)/C=C\C(=O)Nc1ccnc2c1ccc1c3cc4ccccc4cc3ccc12. The third-order valence-corrected chi connectivity index (χ3v) is 5.22. The monoisotopic (exact) mass is 392 g/mol. The molecule has 1 amide bonds. The van der Waals surface area contributed by atoms with Gasteiger partial charge in [0.2, 0.25) is 5.91 Å². The summed E-state index contributed by atoms with van der Waals surface area (Å²) >= 11 is 0. The second-order valence-corrected chi connectivity index (χ2v) is 7.06. The minimum atomic E-state index is -1.17. The maximum Gasteiger partial charge on any atom is 0.328 e. The molecule has 0 aliphatic carbocycles. The summed E-state index contributed by atoms with van der Waals surface area (Å²) in [6.45, 7) is 0. The fourth-order valence-electron chi connectivity index (χ4n) is 3.88. The van der Waals surface area contributed by atoms with E-state index in [1.54, 1.807) is 12.3 Å². The zero-order valence-electron chi connectivity index (χ0n) is 15.8. The summed E-state index contributed by atoms with van der Waals surface area (Å²) in [5.41, 5.74) is 1.36.